The molecule has 0 atom stereocenters. The summed E-state index contributed by atoms with van der Waals surface area (Å²) in [7, 11) is 0. The van der Waals surface area contributed by atoms with Crippen LogP contribution >= 0.6 is 0 Å². The van der Waals surface area contributed by atoms with Crippen LogP contribution in [0.25, 0.3) is 0 Å². The van der Waals surface area contributed by atoms with Gasteiger partial charge >= 0.3 is 6.03 Å². The van der Waals surface area contributed by atoms with Gasteiger partial charge in [0.15, 0.2) is 0 Å². The lowest BCUT2D eigenvalue weighted by atomic mass is 9.97. The molecule has 1 aromatic rings. The Labute approximate surface area is 137 Å². The molecule has 3 amide bonds. The third-order valence-corrected chi connectivity index (χ3v) is 3.84. The molecular formula is C17H25N3O3. The highest BCUT2D eigenvalue weighted by Gasteiger charge is 2.22. The number of ether oxygens (including phenoxy) is 1. The monoisotopic (exact) mass is 319 g/mol. The summed E-state index contributed by atoms with van der Waals surface area (Å²) in [6.45, 7) is 4.67. The van der Waals surface area contributed by atoms with Crippen LogP contribution in [0.3, 0.4) is 0 Å². The van der Waals surface area contributed by atoms with Gasteiger partial charge in [0.05, 0.1) is 6.61 Å². The van der Waals surface area contributed by atoms with Crippen LogP contribution in [0, 0.1) is 12.8 Å². The van der Waals surface area contributed by atoms with Crippen molar-refractivity contribution in [1.29, 1.82) is 0 Å². The van der Waals surface area contributed by atoms with Crippen LogP contribution < -0.4 is 20.7 Å². The molecule has 3 N–H and O–H groups in total. The van der Waals surface area contributed by atoms with Gasteiger partial charge in [0.1, 0.15) is 5.75 Å². The lowest BCUT2D eigenvalue weighted by Crippen LogP contribution is -2.45. The van der Waals surface area contributed by atoms with Gasteiger partial charge in [-0.3, -0.25) is 10.1 Å². The number of hydrogen-bond acceptors (Lipinski definition) is 4. The largest absolute Gasteiger partial charge is 0.494 e. The fraction of sp³-hybridized carbons (Fsp3) is 0.529. The molecule has 1 heterocycles. The van der Waals surface area contributed by atoms with Gasteiger partial charge < -0.3 is 15.4 Å². The predicted octanol–water partition coefficient (Wildman–Crippen LogP) is 1.59. The van der Waals surface area contributed by atoms with Crippen LogP contribution in [0.15, 0.2) is 24.3 Å². The van der Waals surface area contributed by atoms with Crippen molar-refractivity contribution >= 4 is 11.9 Å². The van der Waals surface area contributed by atoms with Crippen molar-refractivity contribution < 1.29 is 14.3 Å². The number of rotatable bonds is 6. The summed E-state index contributed by atoms with van der Waals surface area (Å²) in [5.41, 5.74) is 1.19. The number of carbonyl (C=O) groups is 2. The van der Waals surface area contributed by atoms with Gasteiger partial charge in [-0.1, -0.05) is 17.7 Å². The quantitative estimate of drug-likeness (QED) is 0.696. The van der Waals surface area contributed by atoms with E-state index in [1.54, 1.807) is 0 Å². The number of amides is 3. The maximum absolute atomic E-state index is 11.9. The van der Waals surface area contributed by atoms with Crippen LogP contribution in [0.2, 0.25) is 0 Å². The molecule has 0 saturated carbocycles. The van der Waals surface area contributed by atoms with E-state index in [-0.39, 0.29) is 11.8 Å². The van der Waals surface area contributed by atoms with Gasteiger partial charge in [0, 0.05) is 12.5 Å². The minimum atomic E-state index is -0.427. The van der Waals surface area contributed by atoms with E-state index in [9.17, 15) is 9.59 Å². The summed E-state index contributed by atoms with van der Waals surface area (Å²) in [6.07, 6.45) is 2.25. The Hall–Kier alpha value is -2.08. The molecule has 1 saturated heterocycles. The standard InChI is InChI=1S/C17H25N3O3/c1-13-3-5-15(6-4-13)23-12-2-9-19-17(22)20-16(21)14-7-10-18-11-8-14/h3-6,14,18H,2,7-12H2,1H3,(H2,19,20,21,22). The summed E-state index contributed by atoms with van der Waals surface area (Å²) < 4.78 is 5.57. The Balaban J connectivity index is 1.55. The highest BCUT2D eigenvalue weighted by molar-refractivity contribution is 5.95. The van der Waals surface area contributed by atoms with E-state index in [0.717, 1.165) is 31.7 Å². The number of hydrogen-bond donors (Lipinski definition) is 3. The zero-order valence-electron chi connectivity index (χ0n) is 13.6. The molecule has 6 heteroatoms. The molecule has 0 aromatic heterocycles. The zero-order valence-corrected chi connectivity index (χ0v) is 13.6. The van der Waals surface area contributed by atoms with Gasteiger partial charge in [-0.05, 0) is 51.4 Å². The summed E-state index contributed by atoms with van der Waals surface area (Å²) in [6, 6.07) is 7.41. The van der Waals surface area contributed by atoms with E-state index >= 15 is 0 Å². The molecule has 1 fully saturated rings. The number of piperidine rings is 1. The number of aryl methyl sites for hydroxylation is 1. The normalized spacial score (nSPS) is 15.0. The third kappa shape index (κ3) is 6.28. The first-order valence-corrected chi connectivity index (χ1v) is 8.14. The smallest absolute Gasteiger partial charge is 0.321 e. The maximum Gasteiger partial charge on any atom is 0.321 e. The van der Waals surface area contributed by atoms with Crippen LogP contribution in [0.5, 0.6) is 5.75 Å². The average molecular weight is 319 g/mol. The highest BCUT2D eigenvalue weighted by atomic mass is 16.5. The fourth-order valence-corrected chi connectivity index (χ4v) is 2.44. The summed E-state index contributed by atoms with van der Waals surface area (Å²) in [5.74, 6) is 0.577. The first-order valence-electron chi connectivity index (χ1n) is 8.14. The number of carbonyl (C=O) groups excluding carboxylic acids is 2. The molecular weight excluding hydrogens is 294 g/mol. The van der Waals surface area contributed by atoms with Gasteiger partial charge in [0.2, 0.25) is 5.91 Å². The van der Waals surface area contributed by atoms with E-state index < -0.39 is 6.03 Å². The third-order valence-electron chi connectivity index (χ3n) is 3.84. The van der Waals surface area contributed by atoms with Gasteiger partial charge in [0.25, 0.3) is 0 Å². The van der Waals surface area contributed by atoms with Gasteiger partial charge in [-0.25, -0.2) is 4.79 Å². The number of benzene rings is 1. The predicted molar refractivity (Wildman–Crippen MR) is 88.4 cm³/mol. The molecule has 0 radical (unpaired) electrons. The van der Waals surface area contributed by atoms with E-state index in [1.807, 2.05) is 31.2 Å². The molecule has 1 aliphatic rings. The molecule has 1 aromatic carbocycles. The van der Waals surface area contributed by atoms with Crippen molar-refractivity contribution in [3.63, 3.8) is 0 Å². The Morgan fingerprint density at radius 2 is 1.91 bits per heavy atom. The molecule has 0 spiro atoms. The molecule has 1 aliphatic heterocycles. The van der Waals surface area contributed by atoms with Crippen molar-refractivity contribution in [3.8, 4) is 5.75 Å². The minimum absolute atomic E-state index is 0.0631. The lowest BCUT2D eigenvalue weighted by Gasteiger charge is -2.21. The van der Waals surface area contributed by atoms with E-state index in [1.165, 1.54) is 5.56 Å². The minimum Gasteiger partial charge on any atom is -0.494 e. The summed E-state index contributed by atoms with van der Waals surface area (Å²) in [4.78, 5) is 23.6. The highest BCUT2D eigenvalue weighted by Crippen LogP contribution is 2.12. The van der Waals surface area contributed by atoms with Gasteiger partial charge in [-0.2, -0.15) is 0 Å². The average Bonchev–Trinajstić information content (AvgIpc) is 2.57. The summed E-state index contributed by atoms with van der Waals surface area (Å²) in [5, 5.41) is 8.28. The molecule has 6 nitrogen and oxygen atoms in total. The second-order valence-electron chi connectivity index (χ2n) is 5.78. The topological polar surface area (TPSA) is 79.5 Å². The van der Waals surface area contributed by atoms with Crippen LogP contribution in [0.4, 0.5) is 4.79 Å². The Bertz CT molecular complexity index is 510. The van der Waals surface area contributed by atoms with Crippen molar-refractivity contribution in [2.45, 2.75) is 26.2 Å². The fourth-order valence-electron chi connectivity index (χ4n) is 2.44. The van der Waals surface area contributed by atoms with Crippen LogP contribution in [0.1, 0.15) is 24.8 Å². The van der Waals surface area contributed by atoms with E-state index in [2.05, 4.69) is 16.0 Å². The number of imide groups is 1. The Kier molecular flexibility index (Phi) is 6.87. The molecule has 2 rings (SSSR count). The summed E-state index contributed by atoms with van der Waals surface area (Å²) >= 11 is 0. The lowest BCUT2D eigenvalue weighted by molar-refractivity contribution is -0.124. The number of nitrogens with one attached hydrogen (secondary N) is 3. The molecule has 0 unspecified atom stereocenters. The molecule has 0 aliphatic carbocycles. The van der Waals surface area contributed by atoms with Gasteiger partial charge in [-0.15, -0.1) is 0 Å². The second kappa shape index (κ2) is 9.15. The Morgan fingerprint density at radius 3 is 2.61 bits per heavy atom. The first kappa shape index (κ1) is 17.3. The van der Waals surface area contributed by atoms with Crippen molar-refractivity contribution in [3.05, 3.63) is 29.8 Å². The molecule has 0 bridgehead atoms. The van der Waals surface area contributed by atoms with Crippen molar-refractivity contribution in [2.75, 3.05) is 26.2 Å². The second-order valence-corrected chi connectivity index (χ2v) is 5.78. The zero-order chi connectivity index (χ0) is 16.5. The van der Waals surface area contributed by atoms with Crippen molar-refractivity contribution in [1.82, 2.24) is 16.0 Å². The first-order chi connectivity index (χ1) is 11.1. The molecule has 126 valence electrons. The Morgan fingerprint density at radius 1 is 1.22 bits per heavy atom. The van der Waals surface area contributed by atoms with E-state index in [4.69, 9.17) is 4.74 Å². The van der Waals surface area contributed by atoms with Crippen LogP contribution in [-0.2, 0) is 4.79 Å². The van der Waals surface area contributed by atoms with E-state index in [0.29, 0.717) is 19.6 Å². The van der Waals surface area contributed by atoms with Crippen LogP contribution in [-0.4, -0.2) is 38.2 Å². The molecule has 23 heavy (non-hydrogen) atoms. The van der Waals surface area contributed by atoms with Crippen molar-refractivity contribution in [2.24, 2.45) is 5.92 Å². The number of urea groups is 1. The SMILES string of the molecule is Cc1ccc(OCCCNC(=O)NC(=O)C2CCNCC2)cc1. The maximum atomic E-state index is 11.9.